The van der Waals surface area contributed by atoms with Crippen LogP contribution in [0.5, 0.6) is 5.75 Å². The number of ketones is 1. The van der Waals surface area contributed by atoms with E-state index >= 15 is 0 Å². The van der Waals surface area contributed by atoms with Crippen LogP contribution in [0.15, 0.2) is 18.2 Å². The van der Waals surface area contributed by atoms with Gasteiger partial charge in [-0.05, 0) is 12.1 Å². The first-order valence-electron chi connectivity index (χ1n) is 4.34. The number of Topliss-reactive ketones (excluding diaryl/α,β-unsaturated/α-hetero) is 1. The summed E-state index contributed by atoms with van der Waals surface area (Å²) in [5.41, 5.74) is 0. The van der Waals surface area contributed by atoms with Crippen LogP contribution in [-0.2, 0) is 4.79 Å². The lowest BCUT2D eigenvalue weighted by Gasteiger charge is -2.07. The van der Waals surface area contributed by atoms with E-state index in [2.05, 4.69) is 0 Å². The van der Waals surface area contributed by atoms with Crippen LogP contribution < -0.4 is 4.74 Å². The van der Waals surface area contributed by atoms with Crippen molar-refractivity contribution in [3.05, 3.63) is 28.2 Å². The molecule has 0 aromatic heterocycles. The highest BCUT2D eigenvalue weighted by atomic mass is 35.5. The molecule has 82 valence electrons. The molecule has 0 aliphatic carbocycles. The van der Waals surface area contributed by atoms with E-state index in [1.54, 1.807) is 18.2 Å². The van der Waals surface area contributed by atoms with Crippen molar-refractivity contribution >= 4 is 29.0 Å². The second-order valence-corrected chi connectivity index (χ2v) is 3.63. The van der Waals surface area contributed by atoms with E-state index < -0.39 is 6.61 Å². The van der Waals surface area contributed by atoms with Crippen molar-refractivity contribution in [1.29, 1.82) is 0 Å². The summed E-state index contributed by atoms with van der Waals surface area (Å²) in [4.78, 5) is 10.8. The lowest BCUT2D eigenvalue weighted by molar-refractivity contribution is -0.122. The summed E-state index contributed by atoms with van der Waals surface area (Å²) >= 11 is 11.6. The molecule has 1 rings (SSSR count). The van der Waals surface area contributed by atoms with Gasteiger partial charge in [-0.3, -0.25) is 4.79 Å². The third-order valence-electron chi connectivity index (χ3n) is 1.73. The molecule has 0 aliphatic rings. The minimum atomic E-state index is -0.466. The molecule has 0 amide bonds. The van der Waals surface area contributed by atoms with E-state index in [-0.39, 0.29) is 18.8 Å². The first kappa shape index (κ1) is 12.3. The van der Waals surface area contributed by atoms with Crippen LogP contribution in [0.4, 0.5) is 0 Å². The van der Waals surface area contributed by atoms with Gasteiger partial charge in [-0.1, -0.05) is 29.3 Å². The molecule has 0 fully saturated rings. The summed E-state index contributed by atoms with van der Waals surface area (Å²) in [6, 6.07) is 5.02. The molecule has 1 N–H and O–H groups in total. The molecule has 0 aliphatic heterocycles. The molecule has 1 aromatic rings. The number of halogens is 2. The van der Waals surface area contributed by atoms with Gasteiger partial charge in [0.1, 0.15) is 17.4 Å². The number of hydrogen-bond acceptors (Lipinski definition) is 3. The number of carbonyl (C=O) groups is 1. The van der Waals surface area contributed by atoms with Gasteiger partial charge < -0.3 is 9.84 Å². The second-order valence-electron chi connectivity index (χ2n) is 2.85. The maximum absolute atomic E-state index is 10.8. The molecule has 0 saturated heterocycles. The summed E-state index contributed by atoms with van der Waals surface area (Å²) in [6.07, 6.45) is 0.152. The Morgan fingerprint density at radius 1 is 1.40 bits per heavy atom. The minimum Gasteiger partial charge on any atom is -0.492 e. The van der Waals surface area contributed by atoms with E-state index in [1.165, 1.54) is 0 Å². The zero-order valence-electron chi connectivity index (χ0n) is 7.87. The lowest BCUT2D eigenvalue weighted by Crippen LogP contribution is -2.09. The van der Waals surface area contributed by atoms with Gasteiger partial charge in [-0.15, -0.1) is 0 Å². The highest BCUT2D eigenvalue weighted by molar-refractivity contribution is 6.42. The molecule has 3 nitrogen and oxygen atoms in total. The fourth-order valence-corrected chi connectivity index (χ4v) is 1.30. The maximum atomic E-state index is 10.8. The smallest absolute Gasteiger partial charge is 0.161 e. The Balaban J connectivity index is 2.51. The fraction of sp³-hybridized carbons (Fsp3) is 0.300. The Morgan fingerprint density at radius 3 is 2.80 bits per heavy atom. The molecule has 1 aromatic carbocycles. The van der Waals surface area contributed by atoms with Crippen LogP contribution in [0.3, 0.4) is 0 Å². The van der Waals surface area contributed by atoms with Gasteiger partial charge in [0.25, 0.3) is 0 Å². The summed E-state index contributed by atoms with van der Waals surface area (Å²) in [5.74, 6) is 0.169. The van der Waals surface area contributed by atoms with Crippen molar-refractivity contribution in [3.8, 4) is 5.75 Å². The number of hydrogen-bond donors (Lipinski definition) is 1. The molecule has 0 radical (unpaired) electrons. The van der Waals surface area contributed by atoms with Crippen molar-refractivity contribution in [2.24, 2.45) is 0 Å². The van der Waals surface area contributed by atoms with Crippen LogP contribution in [0.25, 0.3) is 0 Å². The van der Waals surface area contributed by atoms with Crippen molar-refractivity contribution in [2.75, 3.05) is 13.2 Å². The van der Waals surface area contributed by atoms with Crippen LogP contribution in [0.1, 0.15) is 6.42 Å². The van der Waals surface area contributed by atoms with Gasteiger partial charge in [0.2, 0.25) is 0 Å². The number of rotatable bonds is 5. The normalized spacial score (nSPS) is 10.1. The van der Waals surface area contributed by atoms with E-state index in [9.17, 15) is 4.79 Å². The topological polar surface area (TPSA) is 46.5 Å². The highest BCUT2D eigenvalue weighted by Crippen LogP contribution is 2.31. The number of aliphatic hydroxyl groups excluding tert-OH is 1. The van der Waals surface area contributed by atoms with Crippen molar-refractivity contribution in [3.63, 3.8) is 0 Å². The van der Waals surface area contributed by atoms with Gasteiger partial charge >= 0.3 is 0 Å². The number of ether oxygens (including phenoxy) is 1. The van der Waals surface area contributed by atoms with Crippen molar-refractivity contribution in [1.82, 2.24) is 0 Å². The summed E-state index contributed by atoms with van der Waals surface area (Å²) in [7, 11) is 0. The quantitative estimate of drug-likeness (QED) is 0.871. The third kappa shape index (κ3) is 3.70. The second kappa shape index (κ2) is 5.95. The molecular formula is C10H10Cl2O3. The monoisotopic (exact) mass is 248 g/mol. The summed E-state index contributed by atoms with van der Waals surface area (Å²) in [5, 5.41) is 9.21. The largest absolute Gasteiger partial charge is 0.492 e. The average molecular weight is 249 g/mol. The van der Waals surface area contributed by atoms with Gasteiger partial charge in [0, 0.05) is 6.42 Å². The van der Waals surface area contributed by atoms with Crippen molar-refractivity contribution < 1.29 is 14.6 Å². The van der Waals surface area contributed by atoms with E-state index in [0.29, 0.717) is 15.8 Å². The van der Waals surface area contributed by atoms with E-state index in [1.807, 2.05) is 0 Å². The predicted molar refractivity (Wildman–Crippen MR) is 58.7 cm³/mol. The molecular weight excluding hydrogens is 239 g/mol. The number of carbonyl (C=O) groups excluding carboxylic acids is 1. The maximum Gasteiger partial charge on any atom is 0.161 e. The first-order chi connectivity index (χ1) is 7.15. The van der Waals surface area contributed by atoms with Crippen LogP contribution >= 0.6 is 23.2 Å². The van der Waals surface area contributed by atoms with Gasteiger partial charge in [-0.2, -0.15) is 0 Å². The Bertz CT molecular complexity index is 353. The standard InChI is InChI=1S/C10H10Cl2O3/c11-8-2-1-3-9(10(8)12)15-5-4-7(14)6-13/h1-3,13H,4-6H2. The fourth-order valence-electron chi connectivity index (χ4n) is 0.949. The van der Waals surface area contributed by atoms with Crippen LogP contribution in [0.2, 0.25) is 10.0 Å². The zero-order chi connectivity index (χ0) is 11.3. The first-order valence-corrected chi connectivity index (χ1v) is 5.10. The zero-order valence-corrected chi connectivity index (χ0v) is 9.38. The summed E-state index contributed by atoms with van der Waals surface area (Å²) in [6.45, 7) is -0.286. The Morgan fingerprint density at radius 2 is 2.13 bits per heavy atom. The number of aliphatic hydroxyl groups is 1. The number of benzene rings is 1. The Labute approximate surface area is 97.6 Å². The molecule has 0 spiro atoms. The molecule has 0 unspecified atom stereocenters. The van der Waals surface area contributed by atoms with Crippen LogP contribution in [0, 0.1) is 0 Å². The van der Waals surface area contributed by atoms with E-state index in [4.69, 9.17) is 33.0 Å². The predicted octanol–water partition coefficient (Wildman–Crippen LogP) is 2.32. The minimum absolute atomic E-state index is 0.152. The van der Waals surface area contributed by atoms with Gasteiger partial charge in [0.15, 0.2) is 5.78 Å². The summed E-state index contributed by atoms with van der Waals surface area (Å²) < 4.78 is 5.24. The molecule has 5 heteroatoms. The molecule has 0 heterocycles. The molecule has 0 bridgehead atoms. The lowest BCUT2D eigenvalue weighted by atomic mass is 10.3. The van der Waals surface area contributed by atoms with Gasteiger partial charge in [-0.25, -0.2) is 0 Å². The highest BCUT2D eigenvalue weighted by Gasteiger charge is 2.06. The van der Waals surface area contributed by atoms with Crippen LogP contribution in [-0.4, -0.2) is 24.1 Å². The molecule has 0 saturated carbocycles. The Hall–Kier alpha value is -0.770. The van der Waals surface area contributed by atoms with Crippen molar-refractivity contribution in [2.45, 2.75) is 6.42 Å². The van der Waals surface area contributed by atoms with Gasteiger partial charge in [0.05, 0.1) is 11.6 Å². The average Bonchev–Trinajstić information content (AvgIpc) is 2.24. The Kier molecular flexibility index (Phi) is 4.88. The third-order valence-corrected chi connectivity index (χ3v) is 2.53. The molecule has 0 atom stereocenters. The SMILES string of the molecule is O=C(CO)CCOc1cccc(Cl)c1Cl. The van der Waals surface area contributed by atoms with E-state index in [0.717, 1.165) is 0 Å². The molecule has 15 heavy (non-hydrogen) atoms.